The van der Waals surface area contributed by atoms with Gasteiger partial charge in [0.25, 0.3) is 0 Å². The minimum atomic E-state index is 0.0806. The summed E-state index contributed by atoms with van der Waals surface area (Å²) in [5.74, 6) is 0. The number of hydrogen-bond acceptors (Lipinski definition) is 2. The molecule has 0 bridgehead atoms. The molecule has 0 aliphatic carbocycles. The molecule has 0 spiro atoms. The van der Waals surface area contributed by atoms with Crippen LogP contribution in [-0.2, 0) is 13.1 Å². The van der Waals surface area contributed by atoms with E-state index in [1.165, 1.54) is 24.8 Å². The Morgan fingerprint density at radius 2 is 1.85 bits per heavy atom. The predicted octanol–water partition coefficient (Wildman–Crippen LogP) is 4.82. The Morgan fingerprint density at radius 1 is 1.00 bits per heavy atom. The Balaban J connectivity index is 1.64. The van der Waals surface area contributed by atoms with Gasteiger partial charge in [0.2, 0.25) is 0 Å². The van der Waals surface area contributed by atoms with Crippen LogP contribution in [0.2, 0.25) is 0 Å². The number of halogens is 1. The van der Waals surface area contributed by atoms with Crippen LogP contribution in [0.15, 0.2) is 70.1 Å². The Morgan fingerprint density at radius 3 is 2.69 bits per heavy atom. The standard InChI is InChI=1S/C22H23BrN2O/c23-20-11-6-10-19-21(26)12-14-25(22(19)20)16-24-13-5-4-9-18(24)15-17-7-2-1-3-8-17/h1-3,6-8,10-12,14,18H,4-5,9,13,15-16H2. The Labute approximate surface area is 162 Å². The third kappa shape index (κ3) is 3.62. The van der Waals surface area contributed by atoms with Crippen molar-refractivity contribution in [3.63, 3.8) is 0 Å². The number of fused-ring (bicyclic) bond motifs is 1. The fraction of sp³-hybridized carbons (Fsp3) is 0.318. The molecule has 1 saturated heterocycles. The molecule has 0 N–H and O–H groups in total. The van der Waals surface area contributed by atoms with Gasteiger partial charge in [0, 0.05) is 34.7 Å². The predicted molar refractivity (Wildman–Crippen MR) is 110 cm³/mol. The van der Waals surface area contributed by atoms with Crippen LogP contribution in [0.5, 0.6) is 0 Å². The highest BCUT2D eigenvalue weighted by molar-refractivity contribution is 9.10. The van der Waals surface area contributed by atoms with E-state index >= 15 is 0 Å². The minimum Gasteiger partial charge on any atom is -0.333 e. The van der Waals surface area contributed by atoms with E-state index < -0.39 is 0 Å². The number of pyridine rings is 1. The van der Waals surface area contributed by atoms with E-state index in [2.05, 4.69) is 55.7 Å². The summed E-state index contributed by atoms with van der Waals surface area (Å²) in [6, 6.07) is 18.8. The molecule has 1 fully saturated rings. The zero-order valence-electron chi connectivity index (χ0n) is 14.8. The lowest BCUT2D eigenvalue weighted by Gasteiger charge is -2.36. The van der Waals surface area contributed by atoms with Gasteiger partial charge in [-0.15, -0.1) is 0 Å². The monoisotopic (exact) mass is 410 g/mol. The van der Waals surface area contributed by atoms with E-state index in [1.54, 1.807) is 6.07 Å². The van der Waals surface area contributed by atoms with Gasteiger partial charge >= 0.3 is 0 Å². The van der Waals surface area contributed by atoms with Gasteiger partial charge in [0.05, 0.1) is 12.2 Å². The lowest BCUT2D eigenvalue weighted by Crippen LogP contribution is -2.42. The van der Waals surface area contributed by atoms with Crippen LogP contribution in [0, 0.1) is 0 Å². The molecule has 1 aliphatic rings. The number of nitrogens with zero attached hydrogens (tertiary/aromatic N) is 2. The maximum Gasteiger partial charge on any atom is 0.189 e. The molecule has 1 aromatic heterocycles. The SMILES string of the molecule is O=c1ccn(CN2CCCCC2Cc2ccccc2)c2c(Br)cccc12. The van der Waals surface area contributed by atoms with Crippen LogP contribution in [0.25, 0.3) is 10.9 Å². The number of benzene rings is 2. The highest BCUT2D eigenvalue weighted by atomic mass is 79.9. The van der Waals surface area contributed by atoms with E-state index in [1.807, 2.05) is 24.4 Å². The normalized spacial score (nSPS) is 18.3. The molecule has 4 rings (SSSR count). The van der Waals surface area contributed by atoms with Crippen LogP contribution >= 0.6 is 15.9 Å². The number of rotatable bonds is 4. The summed E-state index contributed by atoms with van der Waals surface area (Å²) in [5.41, 5.74) is 2.47. The molecule has 1 aliphatic heterocycles. The first-order valence-electron chi connectivity index (χ1n) is 9.28. The zero-order valence-corrected chi connectivity index (χ0v) is 16.4. The van der Waals surface area contributed by atoms with Gasteiger partial charge < -0.3 is 4.57 Å². The van der Waals surface area contributed by atoms with E-state index in [4.69, 9.17) is 0 Å². The van der Waals surface area contributed by atoms with Crippen molar-refractivity contribution in [3.8, 4) is 0 Å². The first-order valence-corrected chi connectivity index (χ1v) is 10.1. The van der Waals surface area contributed by atoms with E-state index in [-0.39, 0.29) is 5.43 Å². The number of likely N-dealkylation sites (tertiary alicyclic amines) is 1. The summed E-state index contributed by atoms with van der Waals surface area (Å²) in [4.78, 5) is 14.8. The molecule has 26 heavy (non-hydrogen) atoms. The van der Waals surface area contributed by atoms with Crippen LogP contribution in [0.1, 0.15) is 24.8 Å². The average molecular weight is 411 g/mol. The molecule has 0 amide bonds. The number of hydrogen-bond donors (Lipinski definition) is 0. The molecule has 1 atom stereocenters. The Bertz CT molecular complexity index is 951. The molecular formula is C22H23BrN2O. The molecule has 3 nitrogen and oxygen atoms in total. The third-order valence-electron chi connectivity index (χ3n) is 5.34. The molecule has 134 valence electrons. The van der Waals surface area contributed by atoms with Gasteiger partial charge in [-0.2, -0.15) is 0 Å². The molecule has 2 heterocycles. The van der Waals surface area contributed by atoms with Gasteiger partial charge in [-0.3, -0.25) is 9.69 Å². The second-order valence-electron chi connectivity index (χ2n) is 7.08. The highest BCUT2D eigenvalue weighted by Gasteiger charge is 2.23. The van der Waals surface area contributed by atoms with Crippen LogP contribution < -0.4 is 5.43 Å². The number of piperidine rings is 1. The van der Waals surface area contributed by atoms with Crippen molar-refractivity contribution >= 4 is 26.8 Å². The van der Waals surface area contributed by atoms with Crippen molar-refractivity contribution in [3.05, 3.63) is 81.1 Å². The molecule has 0 radical (unpaired) electrons. The van der Waals surface area contributed by atoms with Gasteiger partial charge in [0.15, 0.2) is 5.43 Å². The van der Waals surface area contributed by atoms with Crippen molar-refractivity contribution in [2.45, 2.75) is 38.4 Å². The fourth-order valence-electron chi connectivity index (χ4n) is 4.01. The van der Waals surface area contributed by atoms with Crippen molar-refractivity contribution in [2.24, 2.45) is 0 Å². The number of para-hydroxylation sites is 1. The van der Waals surface area contributed by atoms with Crippen LogP contribution in [0.4, 0.5) is 0 Å². The summed E-state index contributed by atoms with van der Waals surface area (Å²) in [7, 11) is 0. The van der Waals surface area contributed by atoms with E-state index in [0.29, 0.717) is 6.04 Å². The van der Waals surface area contributed by atoms with E-state index in [9.17, 15) is 4.79 Å². The average Bonchev–Trinajstić information content (AvgIpc) is 2.67. The summed E-state index contributed by atoms with van der Waals surface area (Å²) in [5, 5.41) is 0.776. The first kappa shape index (κ1) is 17.5. The summed E-state index contributed by atoms with van der Waals surface area (Å²) >= 11 is 3.64. The molecular weight excluding hydrogens is 388 g/mol. The largest absolute Gasteiger partial charge is 0.333 e. The molecule has 4 heteroatoms. The molecule has 2 aromatic carbocycles. The van der Waals surface area contributed by atoms with Gasteiger partial charge in [-0.1, -0.05) is 42.8 Å². The maximum atomic E-state index is 12.2. The lowest BCUT2D eigenvalue weighted by molar-refractivity contribution is 0.112. The van der Waals surface area contributed by atoms with Crippen molar-refractivity contribution in [1.29, 1.82) is 0 Å². The van der Waals surface area contributed by atoms with Crippen LogP contribution in [0.3, 0.4) is 0 Å². The van der Waals surface area contributed by atoms with Gasteiger partial charge in [-0.05, 0) is 52.9 Å². The number of aromatic nitrogens is 1. The first-order chi connectivity index (χ1) is 12.7. The second-order valence-corrected chi connectivity index (χ2v) is 7.93. The Kier molecular flexibility index (Phi) is 5.23. The zero-order chi connectivity index (χ0) is 17.9. The molecule has 0 saturated carbocycles. The molecule has 3 aromatic rings. The second kappa shape index (κ2) is 7.77. The fourth-order valence-corrected chi connectivity index (χ4v) is 4.60. The summed E-state index contributed by atoms with van der Waals surface area (Å²) in [6.45, 7) is 1.92. The van der Waals surface area contributed by atoms with Crippen molar-refractivity contribution in [2.75, 3.05) is 6.54 Å². The topological polar surface area (TPSA) is 25.2 Å². The minimum absolute atomic E-state index is 0.0806. The summed E-state index contributed by atoms with van der Waals surface area (Å²) < 4.78 is 3.19. The summed E-state index contributed by atoms with van der Waals surface area (Å²) in [6.07, 6.45) is 6.78. The smallest absolute Gasteiger partial charge is 0.189 e. The third-order valence-corrected chi connectivity index (χ3v) is 5.98. The van der Waals surface area contributed by atoms with Crippen molar-refractivity contribution in [1.82, 2.24) is 9.47 Å². The highest BCUT2D eigenvalue weighted by Crippen LogP contribution is 2.25. The molecule has 1 unspecified atom stereocenters. The maximum absolute atomic E-state index is 12.2. The van der Waals surface area contributed by atoms with E-state index in [0.717, 1.165) is 35.0 Å². The Hall–Kier alpha value is -1.91. The quantitative estimate of drug-likeness (QED) is 0.615. The lowest BCUT2D eigenvalue weighted by atomic mass is 9.96. The van der Waals surface area contributed by atoms with Crippen molar-refractivity contribution < 1.29 is 0 Å². The van der Waals surface area contributed by atoms with Gasteiger partial charge in [0.1, 0.15) is 0 Å². The van der Waals surface area contributed by atoms with Crippen LogP contribution in [-0.4, -0.2) is 22.1 Å². The van der Waals surface area contributed by atoms with Gasteiger partial charge in [-0.25, -0.2) is 0 Å².